The molecule has 0 heterocycles. The highest BCUT2D eigenvalue weighted by molar-refractivity contribution is 5.63. The van der Waals surface area contributed by atoms with Gasteiger partial charge in [-0.2, -0.15) is 0 Å². The van der Waals surface area contributed by atoms with Crippen molar-refractivity contribution in [3.05, 3.63) is 60.2 Å². The van der Waals surface area contributed by atoms with E-state index in [-0.39, 0.29) is 6.04 Å². The summed E-state index contributed by atoms with van der Waals surface area (Å²) < 4.78 is 0. The number of hydrogen-bond acceptors (Lipinski definition) is 2. The summed E-state index contributed by atoms with van der Waals surface area (Å²) in [5.74, 6) is 6.58. The normalized spacial score (nSPS) is 16.6. The summed E-state index contributed by atoms with van der Waals surface area (Å²) in [5, 5.41) is 0. The van der Waals surface area contributed by atoms with Crippen molar-refractivity contribution in [3.8, 4) is 11.1 Å². The molecule has 3 N–H and O–H groups in total. The molecule has 1 atom stereocenters. The Morgan fingerprint density at radius 3 is 2.15 bits per heavy atom. The van der Waals surface area contributed by atoms with E-state index < -0.39 is 0 Å². The van der Waals surface area contributed by atoms with Crippen LogP contribution in [0.3, 0.4) is 0 Å². The maximum Gasteiger partial charge on any atom is 0.0462 e. The van der Waals surface area contributed by atoms with Crippen LogP contribution in [0, 0.1) is 5.92 Å². The molecule has 0 bridgehead atoms. The summed E-state index contributed by atoms with van der Waals surface area (Å²) in [6.07, 6.45) is 5.26. The van der Waals surface area contributed by atoms with Gasteiger partial charge in [-0.1, -0.05) is 73.9 Å². The SMILES string of the molecule is NNC(CC1CCC1)c1ccc(-c2ccccc2)cc1. The highest BCUT2D eigenvalue weighted by Crippen LogP contribution is 2.34. The summed E-state index contributed by atoms with van der Waals surface area (Å²) in [5.41, 5.74) is 6.79. The molecule has 1 saturated carbocycles. The van der Waals surface area contributed by atoms with Crippen molar-refractivity contribution in [2.45, 2.75) is 31.7 Å². The molecule has 104 valence electrons. The first-order chi connectivity index (χ1) is 9.86. The molecule has 0 aromatic heterocycles. The van der Waals surface area contributed by atoms with E-state index in [4.69, 9.17) is 5.84 Å². The van der Waals surface area contributed by atoms with Crippen molar-refractivity contribution in [2.24, 2.45) is 11.8 Å². The van der Waals surface area contributed by atoms with Crippen molar-refractivity contribution in [1.29, 1.82) is 0 Å². The third-order valence-corrected chi connectivity index (χ3v) is 4.42. The molecule has 0 amide bonds. The highest BCUT2D eigenvalue weighted by atomic mass is 15.2. The first-order valence-corrected chi connectivity index (χ1v) is 7.48. The summed E-state index contributed by atoms with van der Waals surface area (Å²) in [4.78, 5) is 0. The summed E-state index contributed by atoms with van der Waals surface area (Å²) in [7, 11) is 0. The Hall–Kier alpha value is -1.64. The Balaban J connectivity index is 1.74. The maximum absolute atomic E-state index is 5.73. The number of nitrogens with one attached hydrogen (secondary N) is 1. The van der Waals surface area contributed by atoms with Crippen LogP contribution in [0.1, 0.15) is 37.3 Å². The lowest BCUT2D eigenvalue weighted by Crippen LogP contribution is -2.31. The van der Waals surface area contributed by atoms with E-state index in [1.54, 1.807) is 0 Å². The second-order valence-corrected chi connectivity index (χ2v) is 5.74. The molecular formula is C18H22N2. The van der Waals surface area contributed by atoms with E-state index in [1.807, 2.05) is 6.07 Å². The van der Waals surface area contributed by atoms with Crippen molar-refractivity contribution < 1.29 is 0 Å². The molecule has 3 rings (SSSR count). The molecular weight excluding hydrogens is 244 g/mol. The van der Waals surface area contributed by atoms with E-state index >= 15 is 0 Å². The average molecular weight is 266 g/mol. The molecule has 1 aliphatic carbocycles. The fourth-order valence-electron chi connectivity index (χ4n) is 2.90. The Morgan fingerprint density at radius 1 is 0.950 bits per heavy atom. The molecule has 2 aromatic rings. The number of rotatable bonds is 5. The van der Waals surface area contributed by atoms with Gasteiger partial charge in [-0.3, -0.25) is 11.3 Å². The zero-order valence-corrected chi connectivity index (χ0v) is 11.8. The summed E-state index contributed by atoms with van der Waals surface area (Å²) in [6.45, 7) is 0. The van der Waals surface area contributed by atoms with Gasteiger partial charge in [0.25, 0.3) is 0 Å². The van der Waals surface area contributed by atoms with Gasteiger partial charge in [0.15, 0.2) is 0 Å². The van der Waals surface area contributed by atoms with Crippen LogP contribution in [0.15, 0.2) is 54.6 Å². The second kappa shape index (κ2) is 6.21. The fourth-order valence-corrected chi connectivity index (χ4v) is 2.90. The minimum Gasteiger partial charge on any atom is -0.271 e. The van der Waals surface area contributed by atoms with E-state index in [0.717, 1.165) is 12.3 Å². The molecule has 2 aromatic carbocycles. The van der Waals surface area contributed by atoms with Crippen LogP contribution in [0.4, 0.5) is 0 Å². The number of hydrazine groups is 1. The van der Waals surface area contributed by atoms with Gasteiger partial charge in [0.2, 0.25) is 0 Å². The zero-order chi connectivity index (χ0) is 13.8. The molecule has 0 aliphatic heterocycles. The van der Waals surface area contributed by atoms with Gasteiger partial charge in [0, 0.05) is 6.04 Å². The highest BCUT2D eigenvalue weighted by Gasteiger charge is 2.22. The maximum atomic E-state index is 5.73. The van der Waals surface area contributed by atoms with E-state index in [1.165, 1.54) is 36.0 Å². The summed E-state index contributed by atoms with van der Waals surface area (Å²) >= 11 is 0. The fraction of sp³-hybridized carbons (Fsp3) is 0.333. The van der Waals surface area contributed by atoms with Crippen LogP contribution in [-0.4, -0.2) is 0 Å². The minimum absolute atomic E-state index is 0.283. The first-order valence-electron chi connectivity index (χ1n) is 7.48. The Bertz CT molecular complexity index is 529. The third kappa shape index (κ3) is 2.92. The molecule has 1 aliphatic rings. The van der Waals surface area contributed by atoms with Gasteiger partial charge in [0.1, 0.15) is 0 Å². The van der Waals surface area contributed by atoms with Crippen molar-refractivity contribution in [2.75, 3.05) is 0 Å². The molecule has 20 heavy (non-hydrogen) atoms. The molecule has 0 saturated heterocycles. The van der Waals surface area contributed by atoms with Crippen molar-refractivity contribution in [3.63, 3.8) is 0 Å². The Kier molecular flexibility index (Phi) is 4.14. The van der Waals surface area contributed by atoms with Crippen LogP contribution in [0.25, 0.3) is 11.1 Å². The minimum atomic E-state index is 0.283. The molecule has 0 spiro atoms. The predicted molar refractivity (Wildman–Crippen MR) is 83.9 cm³/mol. The molecule has 2 nitrogen and oxygen atoms in total. The molecule has 0 radical (unpaired) electrons. The topological polar surface area (TPSA) is 38.0 Å². The van der Waals surface area contributed by atoms with Gasteiger partial charge in [-0.15, -0.1) is 0 Å². The van der Waals surface area contributed by atoms with Gasteiger partial charge >= 0.3 is 0 Å². The van der Waals surface area contributed by atoms with Gasteiger partial charge in [-0.25, -0.2) is 0 Å². The van der Waals surface area contributed by atoms with Crippen LogP contribution >= 0.6 is 0 Å². The van der Waals surface area contributed by atoms with E-state index in [9.17, 15) is 0 Å². The number of hydrogen-bond donors (Lipinski definition) is 2. The van der Waals surface area contributed by atoms with Crippen LogP contribution < -0.4 is 11.3 Å². The zero-order valence-electron chi connectivity index (χ0n) is 11.8. The largest absolute Gasteiger partial charge is 0.271 e. The van der Waals surface area contributed by atoms with Crippen LogP contribution in [0.2, 0.25) is 0 Å². The van der Waals surface area contributed by atoms with Crippen molar-refractivity contribution >= 4 is 0 Å². The first kappa shape index (κ1) is 13.3. The van der Waals surface area contributed by atoms with E-state index in [0.29, 0.717) is 0 Å². The lowest BCUT2D eigenvalue weighted by atomic mass is 9.79. The molecule has 1 fully saturated rings. The number of nitrogens with two attached hydrogens (primary N) is 1. The lowest BCUT2D eigenvalue weighted by Gasteiger charge is -2.29. The predicted octanol–water partition coefficient (Wildman–Crippen LogP) is 4.05. The van der Waals surface area contributed by atoms with E-state index in [2.05, 4.69) is 54.0 Å². The summed E-state index contributed by atoms with van der Waals surface area (Å²) in [6, 6.07) is 19.5. The quantitative estimate of drug-likeness (QED) is 0.633. The van der Waals surface area contributed by atoms with Crippen molar-refractivity contribution in [1.82, 2.24) is 5.43 Å². The second-order valence-electron chi connectivity index (χ2n) is 5.74. The molecule has 2 heteroatoms. The smallest absolute Gasteiger partial charge is 0.0462 e. The standard InChI is InChI=1S/C18H22N2/c19-20-18(13-14-5-4-6-14)17-11-9-16(10-12-17)15-7-2-1-3-8-15/h1-3,7-12,14,18,20H,4-6,13,19H2. The average Bonchev–Trinajstić information content (AvgIpc) is 2.48. The van der Waals surface area contributed by atoms with Gasteiger partial charge in [-0.05, 0) is 29.0 Å². The van der Waals surface area contributed by atoms with Gasteiger partial charge in [0.05, 0.1) is 0 Å². The Morgan fingerprint density at radius 2 is 1.60 bits per heavy atom. The van der Waals surface area contributed by atoms with Crippen LogP contribution in [-0.2, 0) is 0 Å². The monoisotopic (exact) mass is 266 g/mol. The number of benzene rings is 2. The van der Waals surface area contributed by atoms with Crippen LogP contribution in [0.5, 0.6) is 0 Å². The third-order valence-electron chi connectivity index (χ3n) is 4.42. The lowest BCUT2D eigenvalue weighted by molar-refractivity contribution is 0.262. The molecule has 1 unspecified atom stereocenters. The Labute approximate surface area is 121 Å². The van der Waals surface area contributed by atoms with Gasteiger partial charge < -0.3 is 0 Å².